The minimum atomic E-state index is 0.615. The van der Waals surface area contributed by atoms with Crippen LogP contribution >= 0.6 is 0 Å². The summed E-state index contributed by atoms with van der Waals surface area (Å²) >= 11 is 0. The van der Waals surface area contributed by atoms with E-state index in [4.69, 9.17) is 0 Å². The van der Waals surface area contributed by atoms with Gasteiger partial charge in [0.05, 0.1) is 0 Å². The Balaban J connectivity index is 2.01. The molecule has 2 aliphatic rings. The van der Waals surface area contributed by atoms with Gasteiger partial charge in [0.1, 0.15) is 0 Å². The fourth-order valence-corrected chi connectivity index (χ4v) is 2.80. The standard InChI is InChI=1S/C9H18N2/c1-3-11-6-4-5-9(11)7-10(2)8-9/h3-8H2,1-2H3. The van der Waals surface area contributed by atoms with Gasteiger partial charge < -0.3 is 4.90 Å². The number of nitrogens with zero attached hydrogens (tertiary/aromatic N) is 2. The Morgan fingerprint density at radius 2 is 2.09 bits per heavy atom. The average molecular weight is 154 g/mol. The number of likely N-dealkylation sites (N-methyl/N-ethyl adjacent to an activating group) is 2. The van der Waals surface area contributed by atoms with Crippen LogP contribution in [-0.4, -0.2) is 48.6 Å². The highest BCUT2D eigenvalue weighted by atomic mass is 15.3. The van der Waals surface area contributed by atoms with Crippen LogP contribution in [-0.2, 0) is 0 Å². The van der Waals surface area contributed by atoms with Gasteiger partial charge in [0, 0.05) is 18.6 Å². The quantitative estimate of drug-likeness (QED) is 0.551. The van der Waals surface area contributed by atoms with Gasteiger partial charge in [0.25, 0.3) is 0 Å². The van der Waals surface area contributed by atoms with Gasteiger partial charge in [-0.05, 0) is 33.0 Å². The zero-order chi connectivity index (χ0) is 7.90. The first-order chi connectivity index (χ1) is 5.27. The van der Waals surface area contributed by atoms with Crippen LogP contribution in [0.3, 0.4) is 0 Å². The molecule has 0 radical (unpaired) electrons. The summed E-state index contributed by atoms with van der Waals surface area (Å²) in [6.45, 7) is 7.48. The van der Waals surface area contributed by atoms with Gasteiger partial charge in [0.2, 0.25) is 0 Å². The minimum absolute atomic E-state index is 0.615. The maximum atomic E-state index is 2.66. The van der Waals surface area contributed by atoms with E-state index in [1.165, 1.54) is 39.0 Å². The third-order valence-corrected chi connectivity index (χ3v) is 3.25. The fraction of sp³-hybridized carbons (Fsp3) is 1.00. The molecule has 0 aromatic heterocycles. The first-order valence-corrected chi connectivity index (χ1v) is 4.70. The van der Waals surface area contributed by atoms with Crippen LogP contribution in [0.25, 0.3) is 0 Å². The molecule has 0 N–H and O–H groups in total. The molecule has 1 spiro atoms. The second-order valence-corrected chi connectivity index (χ2v) is 4.08. The van der Waals surface area contributed by atoms with Crippen molar-refractivity contribution in [2.24, 2.45) is 0 Å². The Bertz CT molecular complexity index is 150. The fourth-order valence-electron chi connectivity index (χ4n) is 2.80. The molecule has 0 aliphatic carbocycles. The summed E-state index contributed by atoms with van der Waals surface area (Å²) in [6, 6.07) is 0. The normalized spacial score (nSPS) is 31.1. The lowest BCUT2D eigenvalue weighted by Crippen LogP contribution is -2.66. The summed E-state index contributed by atoms with van der Waals surface area (Å²) in [6.07, 6.45) is 2.85. The van der Waals surface area contributed by atoms with Crippen molar-refractivity contribution in [1.29, 1.82) is 0 Å². The molecule has 2 aliphatic heterocycles. The average Bonchev–Trinajstić information content (AvgIpc) is 2.31. The van der Waals surface area contributed by atoms with Crippen LogP contribution in [0.4, 0.5) is 0 Å². The van der Waals surface area contributed by atoms with Gasteiger partial charge in [-0.1, -0.05) is 6.92 Å². The molecule has 0 atom stereocenters. The zero-order valence-electron chi connectivity index (χ0n) is 7.64. The smallest absolute Gasteiger partial charge is 0.0463 e. The van der Waals surface area contributed by atoms with Gasteiger partial charge in [-0.25, -0.2) is 0 Å². The molecule has 0 bridgehead atoms. The van der Waals surface area contributed by atoms with E-state index in [2.05, 4.69) is 23.8 Å². The molecule has 2 heterocycles. The number of likely N-dealkylation sites (tertiary alicyclic amines) is 2. The van der Waals surface area contributed by atoms with Crippen LogP contribution in [0.5, 0.6) is 0 Å². The molecule has 2 saturated heterocycles. The molecular weight excluding hydrogens is 136 g/mol. The van der Waals surface area contributed by atoms with Gasteiger partial charge in [0.15, 0.2) is 0 Å². The van der Waals surface area contributed by atoms with Crippen molar-refractivity contribution in [3.05, 3.63) is 0 Å². The van der Waals surface area contributed by atoms with E-state index < -0.39 is 0 Å². The van der Waals surface area contributed by atoms with Crippen molar-refractivity contribution >= 4 is 0 Å². The molecular formula is C9H18N2. The predicted molar refractivity (Wildman–Crippen MR) is 46.7 cm³/mol. The molecule has 2 nitrogen and oxygen atoms in total. The highest BCUT2D eigenvalue weighted by molar-refractivity contribution is 5.05. The Labute approximate surface area is 69.2 Å². The van der Waals surface area contributed by atoms with E-state index in [1.54, 1.807) is 0 Å². The topological polar surface area (TPSA) is 6.48 Å². The Morgan fingerprint density at radius 1 is 1.36 bits per heavy atom. The van der Waals surface area contributed by atoms with Crippen LogP contribution in [0.15, 0.2) is 0 Å². The first kappa shape index (κ1) is 7.56. The van der Waals surface area contributed by atoms with Crippen LogP contribution < -0.4 is 0 Å². The molecule has 2 fully saturated rings. The lowest BCUT2D eigenvalue weighted by atomic mass is 9.87. The highest BCUT2D eigenvalue weighted by Crippen LogP contribution is 2.36. The molecule has 64 valence electrons. The predicted octanol–water partition coefficient (Wildman–Crippen LogP) is 0.786. The maximum absolute atomic E-state index is 2.66. The van der Waals surface area contributed by atoms with Crippen molar-refractivity contribution < 1.29 is 0 Å². The van der Waals surface area contributed by atoms with Crippen LogP contribution in [0, 0.1) is 0 Å². The van der Waals surface area contributed by atoms with Crippen molar-refractivity contribution in [2.45, 2.75) is 25.3 Å². The van der Waals surface area contributed by atoms with Gasteiger partial charge in [-0.3, -0.25) is 4.90 Å². The van der Waals surface area contributed by atoms with Crippen LogP contribution in [0.1, 0.15) is 19.8 Å². The summed E-state index contributed by atoms with van der Waals surface area (Å²) in [5.41, 5.74) is 0.615. The maximum Gasteiger partial charge on any atom is 0.0463 e. The molecule has 0 unspecified atom stereocenters. The number of rotatable bonds is 1. The number of hydrogen-bond acceptors (Lipinski definition) is 2. The largest absolute Gasteiger partial charge is 0.303 e. The van der Waals surface area contributed by atoms with Crippen molar-refractivity contribution in [3.63, 3.8) is 0 Å². The summed E-state index contributed by atoms with van der Waals surface area (Å²) < 4.78 is 0. The Hall–Kier alpha value is -0.0800. The van der Waals surface area contributed by atoms with E-state index in [9.17, 15) is 0 Å². The SMILES string of the molecule is CCN1CCCC12CN(C)C2. The van der Waals surface area contributed by atoms with Gasteiger partial charge in [-0.15, -0.1) is 0 Å². The van der Waals surface area contributed by atoms with Crippen molar-refractivity contribution in [2.75, 3.05) is 33.2 Å². The molecule has 11 heavy (non-hydrogen) atoms. The molecule has 0 aromatic carbocycles. The molecule has 2 heteroatoms. The summed E-state index contributed by atoms with van der Waals surface area (Å²) in [4.78, 5) is 5.08. The van der Waals surface area contributed by atoms with E-state index in [0.717, 1.165) is 0 Å². The Morgan fingerprint density at radius 3 is 2.64 bits per heavy atom. The second kappa shape index (κ2) is 2.46. The van der Waals surface area contributed by atoms with E-state index >= 15 is 0 Å². The first-order valence-electron chi connectivity index (χ1n) is 4.70. The van der Waals surface area contributed by atoms with Crippen molar-refractivity contribution in [3.8, 4) is 0 Å². The number of hydrogen-bond donors (Lipinski definition) is 0. The summed E-state index contributed by atoms with van der Waals surface area (Å²) in [7, 11) is 2.22. The monoisotopic (exact) mass is 154 g/mol. The molecule has 0 amide bonds. The summed E-state index contributed by atoms with van der Waals surface area (Å²) in [5.74, 6) is 0. The third kappa shape index (κ3) is 1.00. The molecule has 0 aromatic rings. The van der Waals surface area contributed by atoms with E-state index in [1.807, 2.05) is 0 Å². The van der Waals surface area contributed by atoms with Gasteiger partial charge in [-0.2, -0.15) is 0 Å². The molecule has 0 saturated carbocycles. The lowest BCUT2D eigenvalue weighted by Gasteiger charge is -2.51. The second-order valence-electron chi connectivity index (χ2n) is 4.08. The summed E-state index contributed by atoms with van der Waals surface area (Å²) in [5, 5.41) is 0. The molecule has 2 rings (SSSR count). The van der Waals surface area contributed by atoms with Gasteiger partial charge >= 0.3 is 0 Å². The van der Waals surface area contributed by atoms with Crippen LogP contribution in [0.2, 0.25) is 0 Å². The van der Waals surface area contributed by atoms with Crippen molar-refractivity contribution in [1.82, 2.24) is 9.80 Å². The van der Waals surface area contributed by atoms with E-state index in [-0.39, 0.29) is 0 Å². The highest BCUT2D eigenvalue weighted by Gasteiger charge is 2.47. The third-order valence-electron chi connectivity index (χ3n) is 3.25. The lowest BCUT2D eigenvalue weighted by molar-refractivity contribution is -0.0106. The zero-order valence-corrected chi connectivity index (χ0v) is 7.64. The Kier molecular flexibility index (Phi) is 1.69. The van der Waals surface area contributed by atoms with E-state index in [0.29, 0.717) is 5.54 Å². The minimum Gasteiger partial charge on any atom is -0.303 e.